The highest BCUT2D eigenvalue weighted by molar-refractivity contribution is 6.30. The van der Waals surface area contributed by atoms with Crippen LogP contribution in [0.2, 0.25) is 5.02 Å². The second kappa shape index (κ2) is 7.37. The molecule has 0 bridgehead atoms. The lowest BCUT2D eigenvalue weighted by atomic mass is 10.1. The van der Waals surface area contributed by atoms with Gasteiger partial charge in [-0.1, -0.05) is 48.9 Å². The van der Waals surface area contributed by atoms with Gasteiger partial charge in [0.05, 0.1) is 0 Å². The van der Waals surface area contributed by atoms with Gasteiger partial charge in [0.25, 0.3) is 5.91 Å². The molecule has 0 radical (unpaired) electrons. The van der Waals surface area contributed by atoms with E-state index < -0.39 is 6.10 Å². The van der Waals surface area contributed by atoms with Crippen LogP contribution in [0.5, 0.6) is 5.75 Å². The highest BCUT2D eigenvalue weighted by atomic mass is 35.5. The number of hydrogen-bond acceptors (Lipinski definition) is 2. The van der Waals surface area contributed by atoms with Crippen LogP contribution in [-0.2, 0) is 4.79 Å². The number of benzene rings is 3. The van der Waals surface area contributed by atoms with Gasteiger partial charge in [0, 0.05) is 10.7 Å². The standard InChI is InChI=1S/C20H18ClNO2/c1-2-19(24-18-11-8-16(21)9-12-18)20(23)22-17-10-7-14-5-3-4-6-15(14)13-17/h3-13,19H,2H2,1H3,(H,22,23)/t19-/m0/s1. The summed E-state index contributed by atoms with van der Waals surface area (Å²) >= 11 is 5.86. The summed E-state index contributed by atoms with van der Waals surface area (Å²) in [6.07, 6.45) is 0.0137. The van der Waals surface area contributed by atoms with Crippen molar-refractivity contribution in [3.63, 3.8) is 0 Å². The number of fused-ring (bicyclic) bond motifs is 1. The van der Waals surface area contributed by atoms with Gasteiger partial charge in [-0.15, -0.1) is 0 Å². The summed E-state index contributed by atoms with van der Waals surface area (Å²) in [5.41, 5.74) is 0.761. The Hall–Kier alpha value is -2.52. The summed E-state index contributed by atoms with van der Waals surface area (Å²) in [6.45, 7) is 1.92. The van der Waals surface area contributed by atoms with Crippen molar-refractivity contribution in [2.75, 3.05) is 5.32 Å². The first kappa shape index (κ1) is 16.3. The Balaban J connectivity index is 1.72. The number of carbonyl (C=O) groups is 1. The summed E-state index contributed by atoms with van der Waals surface area (Å²) in [5.74, 6) is 0.461. The summed E-state index contributed by atoms with van der Waals surface area (Å²) in [6, 6.07) is 20.9. The highest BCUT2D eigenvalue weighted by Gasteiger charge is 2.18. The van der Waals surface area contributed by atoms with Crippen LogP contribution >= 0.6 is 11.6 Å². The van der Waals surface area contributed by atoms with E-state index in [0.29, 0.717) is 17.2 Å². The van der Waals surface area contributed by atoms with E-state index in [-0.39, 0.29) is 5.91 Å². The van der Waals surface area contributed by atoms with Crippen LogP contribution in [0, 0.1) is 0 Å². The van der Waals surface area contributed by atoms with Gasteiger partial charge in [-0.2, -0.15) is 0 Å². The third-order valence-corrected chi connectivity index (χ3v) is 4.02. The minimum absolute atomic E-state index is 0.164. The molecule has 0 aliphatic carbocycles. The molecule has 3 rings (SSSR count). The summed E-state index contributed by atoms with van der Waals surface area (Å²) in [4.78, 5) is 12.5. The van der Waals surface area contributed by atoms with E-state index in [1.54, 1.807) is 24.3 Å². The average molecular weight is 340 g/mol. The largest absolute Gasteiger partial charge is 0.481 e. The molecule has 24 heavy (non-hydrogen) atoms. The minimum Gasteiger partial charge on any atom is -0.481 e. The van der Waals surface area contributed by atoms with Gasteiger partial charge < -0.3 is 10.1 Å². The highest BCUT2D eigenvalue weighted by Crippen LogP contribution is 2.21. The van der Waals surface area contributed by atoms with Crippen LogP contribution < -0.4 is 10.1 Å². The van der Waals surface area contributed by atoms with Gasteiger partial charge in [-0.05, 0) is 53.6 Å². The fraction of sp³-hybridized carbons (Fsp3) is 0.150. The molecule has 0 saturated carbocycles. The Kier molecular flexibility index (Phi) is 5.02. The molecule has 3 aromatic carbocycles. The molecule has 0 unspecified atom stereocenters. The second-order valence-corrected chi connectivity index (χ2v) is 5.96. The second-order valence-electron chi connectivity index (χ2n) is 5.52. The van der Waals surface area contributed by atoms with Gasteiger partial charge >= 0.3 is 0 Å². The first-order chi connectivity index (χ1) is 11.7. The Morgan fingerprint density at radius 2 is 1.75 bits per heavy atom. The normalized spacial score (nSPS) is 11.9. The van der Waals surface area contributed by atoms with Crippen molar-refractivity contribution in [3.05, 3.63) is 71.8 Å². The molecule has 0 heterocycles. The number of halogens is 1. The molecule has 4 heteroatoms. The predicted molar refractivity (Wildman–Crippen MR) is 98.7 cm³/mol. The molecule has 1 atom stereocenters. The van der Waals surface area contributed by atoms with Gasteiger partial charge in [0.15, 0.2) is 6.10 Å². The maximum absolute atomic E-state index is 12.5. The quantitative estimate of drug-likeness (QED) is 0.686. The molecule has 0 aromatic heterocycles. The lowest BCUT2D eigenvalue weighted by molar-refractivity contribution is -0.122. The third-order valence-electron chi connectivity index (χ3n) is 3.77. The Bertz CT molecular complexity index is 846. The summed E-state index contributed by atoms with van der Waals surface area (Å²) < 4.78 is 5.77. The van der Waals surface area contributed by atoms with E-state index in [2.05, 4.69) is 5.32 Å². The zero-order chi connectivity index (χ0) is 16.9. The molecule has 0 saturated heterocycles. The number of rotatable bonds is 5. The molecule has 3 aromatic rings. The zero-order valence-corrected chi connectivity index (χ0v) is 14.1. The van der Waals surface area contributed by atoms with E-state index >= 15 is 0 Å². The van der Waals surface area contributed by atoms with Gasteiger partial charge in [-0.25, -0.2) is 0 Å². The van der Waals surface area contributed by atoms with Crippen LogP contribution in [0.25, 0.3) is 10.8 Å². The van der Waals surface area contributed by atoms with Crippen LogP contribution in [0.15, 0.2) is 66.7 Å². The van der Waals surface area contributed by atoms with Crippen molar-refractivity contribution in [1.29, 1.82) is 0 Å². The number of anilines is 1. The van der Waals surface area contributed by atoms with Crippen LogP contribution in [0.3, 0.4) is 0 Å². The average Bonchev–Trinajstić information content (AvgIpc) is 2.61. The molecule has 0 fully saturated rings. The fourth-order valence-corrected chi connectivity index (χ4v) is 2.62. The van der Waals surface area contributed by atoms with Gasteiger partial charge in [0.2, 0.25) is 0 Å². The Morgan fingerprint density at radius 1 is 1.04 bits per heavy atom. The Morgan fingerprint density at radius 3 is 2.46 bits per heavy atom. The SMILES string of the molecule is CC[C@H](Oc1ccc(Cl)cc1)C(=O)Nc1ccc2ccccc2c1. The van der Waals surface area contributed by atoms with Gasteiger partial charge in [0.1, 0.15) is 5.75 Å². The van der Waals surface area contributed by atoms with Crippen molar-refractivity contribution < 1.29 is 9.53 Å². The van der Waals surface area contributed by atoms with Crippen LogP contribution in [0.1, 0.15) is 13.3 Å². The van der Waals surface area contributed by atoms with Crippen molar-refractivity contribution >= 4 is 34.0 Å². The maximum Gasteiger partial charge on any atom is 0.265 e. The van der Waals surface area contributed by atoms with Crippen molar-refractivity contribution in [1.82, 2.24) is 0 Å². The maximum atomic E-state index is 12.5. The van der Waals surface area contributed by atoms with Crippen molar-refractivity contribution in [2.24, 2.45) is 0 Å². The molecule has 0 aliphatic rings. The summed E-state index contributed by atoms with van der Waals surface area (Å²) in [5, 5.41) is 5.79. The first-order valence-electron chi connectivity index (χ1n) is 7.87. The number of hydrogen-bond donors (Lipinski definition) is 1. The topological polar surface area (TPSA) is 38.3 Å². The van der Waals surface area contributed by atoms with Crippen molar-refractivity contribution in [3.8, 4) is 5.75 Å². The molecule has 1 N–H and O–H groups in total. The molecular weight excluding hydrogens is 322 g/mol. The number of ether oxygens (including phenoxy) is 1. The Labute approximate surface area is 146 Å². The predicted octanol–water partition coefficient (Wildman–Crippen LogP) is 5.29. The molecule has 1 amide bonds. The zero-order valence-electron chi connectivity index (χ0n) is 13.3. The number of amides is 1. The lowest BCUT2D eigenvalue weighted by Crippen LogP contribution is -2.32. The third kappa shape index (κ3) is 3.87. The van der Waals surface area contributed by atoms with Crippen LogP contribution in [-0.4, -0.2) is 12.0 Å². The van der Waals surface area contributed by atoms with E-state index in [9.17, 15) is 4.79 Å². The molecular formula is C20H18ClNO2. The smallest absolute Gasteiger partial charge is 0.265 e. The number of nitrogens with one attached hydrogen (secondary N) is 1. The lowest BCUT2D eigenvalue weighted by Gasteiger charge is -2.17. The summed E-state index contributed by atoms with van der Waals surface area (Å²) in [7, 11) is 0. The van der Waals surface area contributed by atoms with Crippen molar-refractivity contribution in [2.45, 2.75) is 19.4 Å². The van der Waals surface area contributed by atoms with E-state index in [1.165, 1.54) is 0 Å². The number of carbonyl (C=O) groups excluding carboxylic acids is 1. The minimum atomic E-state index is -0.558. The van der Waals surface area contributed by atoms with Crippen LogP contribution in [0.4, 0.5) is 5.69 Å². The molecule has 3 nitrogen and oxygen atoms in total. The first-order valence-corrected chi connectivity index (χ1v) is 8.25. The van der Waals surface area contributed by atoms with E-state index in [4.69, 9.17) is 16.3 Å². The van der Waals surface area contributed by atoms with E-state index in [1.807, 2.05) is 49.4 Å². The molecule has 0 spiro atoms. The molecule has 122 valence electrons. The fourth-order valence-electron chi connectivity index (χ4n) is 2.49. The van der Waals surface area contributed by atoms with Gasteiger partial charge in [-0.3, -0.25) is 4.79 Å². The molecule has 0 aliphatic heterocycles. The van der Waals surface area contributed by atoms with E-state index in [0.717, 1.165) is 16.5 Å². The monoisotopic (exact) mass is 339 g/mol.